The van der Waals surface area contributed by atoms with Crippen LogP contribution in [0, 0.1) is 35.5 Å². The lowest BCUT2D eigenvalue weighted by Crippen LogP contribution is -2.54. The van der Waals surface area contributed by atoms with Crippen molar-refractivity contribution < 1.29 is 4.57 Å². The minimum absolute atomic E-state index is 0.315. The van der Waals surface area contributed by atoms with Crippen molar-refractivity contribution in [3.05, 3.63) is 0 Å². The molecule has 8 aliphatic carbocycles. The summed E-state index contributed by atoms with van der Waals surface area (Å²) in [4.78, 5) is 0. The van der Waals surface area contributed by atoms with Crippen LogP contribution in [0.2, 0.25) is 0 Å². The van der Waals surface area contributed by atoms with Gasteiger partial charge in [0.25, 0.3) is 0 Å². The van der Waals surface area contributed by atoms with Gasteiger partial charge in [-0.25, -0.2) is 0 Å². The zero-order valence-corrected chi connectivity index (χ0v) is 14.7. The fraction of sp³-hybridized carbons (Fsp3) is 1.00. The average molecular weight is 317 g/mol. The Morgan fingerprint density at radius 3 is 0.955 bits per heavy atom. The number of hydrogen-bond acceptors (Lipinski definition) is 1. The monoisotopic (exact) mass is 317 g/mol. The van der Waals surface area contributed by atoms with Gasteiger partial charge in [-0.2, -0.15) is 0 Å². The molecule has 0 saturated heterocycles. The summed E-state index contributed by atoms with van der Waals surface area (Å²) in [6, 6.07) is 0. The number of rotatable bonds is 2. The van der Waals surface area contributed by atoms with Crippen LogP contribution in [-0.4, -0.2) is 10.3 Å². The van der Waals surface area contributed by atoms with Gasteiger partial charge in [-0.15, -0.1) is 0 Å². The van der Waals surface area contributed by atoms with Gasteiger partial charge in [-0.1, -0.05) is 0 Å². The van der Waals surface area contributed by atoms with Gasteiger partial charge in [0.05, 0.1) is 7.80 Å². The zero-order chi connectivity index (χ0) is 14.5. The molecule has 8 rings (SSSR count). The molecule has 2 heteroatoms. The average Bonchev–Trinajstić information content (AvgIpc) is 2.43. The molecule has 0 heterocycles. The molecule has 0 unspecified atom stereocenters. The first kappa shape index (κ1) is 13.4. The lowest BCUT2D eigenvalue weighted by molar-refractivity contribution is 0.0165. The normalized spacial score (nSPS) is 61.7. The molecule has 1 radical (unpaired) electrons. The summed E-state index contributed by atoms with van der Waals surface area (Å²) in [6.07, 6.45) is 17.1. The second-order valence-corrected chi connectivity index (χ2v) is 13.1. The lowest BCUT2D eigenvalue weighted by Gasteiger charge is -2.62. The first-order valence-electron chi connectivity index (χ1n) is 10.1. The van der Waals surface area contributed by atoms with E-state index in [4.69, 9.17) is 0 Å². The molecule has 8 fully saturated rings. The van der Waals surface area contributed by atoms with Crippen molar-refractivity contribution in [3.63, 3.8) is 0 Å². The Morgan fingerprint density at radius 2 is 0.727 bits per heavy atom. The van der Waals surface area contributed by atoms with Crippen LogP contribution in [0.4, 0.5) is 0 Å². The van der Waals surface area contributed by atoms with Crippen molar-refractivity contribution >= 4 is 7.80 Å². The van der Waals surface area contributed by atoms with E-state index in [9.17, 15) is 4.57 Å². The van der Waals surface area contributed by atoms with E-state index >= 15 is 0 Å². The van der Waals surface area contributed by atoms with Crippen LogP contribution in [0.1, 0.15) is 77.0 Å². The van der Waals surface area contributed by atoms with Crippen LogP contribution >= 0.6 is 7.80 Å². The van der Waals surface area contributed by atoms with Gasteiger partial charge >= 0.3 is 0 Å². The third-order valence-electron chi connectivity index (χ3n) is 8.87. The van der Waals surface area contributed by atoms with Crippen LogP contribution in [0.25, 0.3) is 0 Å². The summed E-state index contributed by atoms with van der Waals surface area (Å²) in [6.45, 7) is 0. The highest BCUT2D eigenvalue weighted by molar-refractivity contribution is 7.48. The van der Waals surface area contributed by atoms with Gasteiger partial charge in [0, 0.05) is 10.3 Å². The summed E-state index contributed by atoms with van der Waals surface area (Å²) in [7, 11) is -0.979. The van der Waals surface area contributed by atoms with Gasteiger partial charge in [-0.05, 0) is 113 Å². The van der Waals surface area contributed by atoms with Crippen molar-refractivity contribution in [2.45, 2.75) is 87.4 Å². The van der Waals surface area contributed by atoms with E-state index in [0.29, 0.717) is 10.3 Å². The smallest absolute Gasteiger partial charge is 0.0845 e. The molecular weight excluding hydrogens is 287 g/mol. The number of hydrogen-bond donors (Lipinski definition) is 0. The summed E-state index contributed by atoms with van der Waals surface area (Å²) in [5, 5.41) is 0.630. The summed E-state index contributed by atoms with van der Waals surface area (Å²) < 4.78 is 14.1. The Balaban J connectivity index is 1.37. The highest BCUT2D eigenvalue weighted by atomic mass is 31.1. The van der Waals surface area contributed by atoms with E-state index in [1.54, 1.807) is 0 Å². The Morgan fingerprint density at radius 1 is 0.500 bits per heavy atom. The van der Waals surface area contributed by atoms with Gasteiger partial charge in [-0.3, -0.25) is 4.57 Å². The van der Waals surface area contributed by atoms with E-state index in [0.717, 1.165) is 35.5 Å². The van der Waals surface area contributed by atoms with Crippen molar-refractivity contribution in [3.8, 4) is 0 Å². The molecule has 0 spiro atoms. The second kappa shape index (κ2) is 4.19. The molecule has 0 aromatic carbocycles. The lowest BCUT2D eigenvalue weighted by atomic mass is 9.55. The van der Waals surface area contributed by atoms with Crippen molar-refractivity contribution in [2.24, 2.45) is 35.5 Å². The molecule has 22 heavy (non-hydrogen) atoms. The van der Waals surface area contributed by atoms with Crippen LogP contribution in [-0.2, 0) is 4.57 Å². The molecule has 0 aromatic rings. The largest absolute Gasteiger partial charge is 0.286 e. The molecule has 0 atom stereocenters. The molecule has 0 N–H and O–H groups in total. The van der Waals surface area contributed by atoms with E-state index in [2.05, 4.69) is 0 Å². The summed E-state index contributed by atoms with van der Waals surface area (Å²) >= 11 is 0. The quantitative estimate of drug-likeness (QED) is 0.592. The highest BCUT2D eigenvalue weighted by Gasteiger charge is 2.62. The predicted octanol–water partition coefficient (Wildman–Crippen LogP) is 5.75. The second-order valence-electron chi connectivity index (χ2n) is 10.6. The maximum atomic E-state index is 14.1. The van der Waals surface area contributed by atoms with Crippen LogP contribution in [0.15, 0.2) is 0 Å². The Hall–Kier alpha value is 0.100. The maximum absolute atomic E-state index is 14.1. The minimum atomic E-state index is -0.979. The Labute approximate surface area is 135 Å². The first-order valence-corrected chi connectivity index (χ1v) is 11.4. The van der Waals surface area contributed by atoms with E-state index in [1.165, 1.54) is 77.0 Å². The fourth-order valence-electron chi connectivity index (χ4n) is 9.13. The van der Waals surface area contributed by atoms with E-state index in [-0.39, 0.29) is 0 Å². The van der Waals surface area contributed by atoms with Gasteiger partial charge < -0.3 is 0 Å². The molecule has 121 valence electrons. The maximum Gasteiger partial charge on any atom is 0.0845 e. The third-order valence-corrected chi connectivity index (χ3v) is 11.7. The highest BCUT2D eigenvalue weighted by Crippen LogP contribution is 2.74. The van der Waals surface area contributed by atoms with E-state index < -0.39 is 7.80 Å². The van der Waals surface area contributed by atoms with Gasteiger partial charge in [0.2, 0.25) is 0 Å². The van der Waals surface area contributed by atoms with Crippen LogP contribution in [0.3, 0.4) is 0 Å². The first-order chi connectivity index (χ1) is 10.6. The van der Waals surface area contributed by atoms with Crippen LogP contribution in [0.5, 0.6) is 0 Å². The summed E-state index contributed by atoms with van der Waals surface area (Å²) in [5.41, 5.74) is 0. The van der Waals surface area contributed by atoms with Crippen molar-refractivity contribution in [2.75, 3.05) is 0 Å². The fourth-order valence-corrected chi connectivity index (χ4v) is 12.7. The molecule has 0 amide bonds. The van der Waals surface area contributed by atoms with Gasteiger partial charge in [0.1, 0.15) is 0 Å². The molecule has 0 aromatic heterocycles. The van der Waals surface area contributed by atoms with Gasteiger partial charge in [0.15, 0.2) is 0 Å². The van der Waals surface area contributed by atoms with Crippen LogP contribution < -0.4 is 0 Å². The zero-order valence-electron chi connectivity index (χ0n) is 13.8. The standard InChI is InChI=1S/C20H30OP/c21-22(19-7-13-1-14(8-19)3-15(2-13)9-19)20-10-16-4-17(11-20)6-18(5-16)12-20/h13-18H,1-12H2. The molecule has 0 aliphatic heterocycles. The van der Waals surface area contributed by atoms with E-state index in [1.807, 2.05) is 0 Å². The summed E-state index contributed by atoms with van der Waals surface area (Å²) in [5.74, 6) is 5.75. The molecule has 1 nitrogen and oxygen atoms in total. The Kier molecular flexibility index (Phi) is 2.55. The molecule has 8 saturated carbocycles. The van der Waals surface area contributed by atoms with Crippen molar-refractivity contribution in [1.29, 1.82) is 0 Å². The Bertz CT molecular complexity index is 419. The molecule has 8 aliphatic rings. The predicted molar refractivity (Wildman–Crippen MR) is 89.4 cm³/mol. The molecule has 8 bridgehead atoms. The third kappa shape index (κ3) is 1.68. The minimum Gasteiger partial charge on any atom is -0.286 e. The van der Waals surface area contributed by atoms with Crippen molar-refractivity contribution in [1.82, 2.24) is 0 Å². The SMILES string of the molecule is O=[P](C12CC3CC(CC(C3)C1)C2)C12CC3CC(CC(C3)C1)C2. The topological polar surface area (TPSA) is 17.1 Å². The molecular formula is C20H30OP.